The number of carbonyl (C=O) groups is 1. The zero-order chi connectivity index (χ0) is 11.6. The normalized spacial score (nSPS) is 10.5. The van der Waals surface area contributed by atoms with Gasteiger partial charge in [-0.3, -0.25) is 4.79 Å². The Hall–Kier alpha value is -1.13. The molecule has 0 atom stereocenters. The van der Waals surface area contributed by atoms with Gasteiger partial charge in [-0.2, -0.15) is 0 Å². The quantitative estimate of drug-likeness (QED) is 0.562. The summed E-state index contributed by atoms with van der Waals surface area (Å²) in [6, 6.07) is 3.52. The SMILES string of the molecule is Cc1c(C=O)cc(C(C)C)cc1B(O)O. The molecule has 15 heavy (non-hydrogen) atoms. The van der Waals surface area contributed by atoms with E-state index in [-0.39, 0.29) is 5.92 Å². The van der Waals surface area contributed by atoms with Gasteiger partial charge in [0, 0.05) is 5.56 Å². The van der Waals surface area contributed by atoms with E-state index >= 15 is 0 Å². The first-order valence-electron chi connectivity index (χ1n) is 4.93. The highest BCUT2D eigenvalue weighted by Crippen LogP contribution is 2.16. The Bertz CT molecular complexity index is 372. The minimum Gasteiger partial charge on any atom is -0.423 e. The lowest BCUT2D eigenvalue weighted by molar-refractivity contribution is 0.112. The predicted molar refractivity (Wildman–Crippen MR) is 60.5 cm³/mol. The van der Waals surface area contributed by atoms with Crippen molar-refractivity contribution < 1.29 is 14.8 Å². The van der Waals surface area contributed by atoms with Gasteiger partial charge >= 0.3 is 7.12 Å². The van der Waals surface area contributed by atoms with Crippen LogP contribution in [0.3, 0.4) is 0 Å². The van der Waals surface area contributed by atoms with Crippen molar-refractivity contribution in [2.45, 2.75) is 26.7 Å². The largest absolute Gasteiger partial charge is 0.488 e. The summed E-state index contributed by atoms with van der Waals surface area (Å²) in [5, 5.41) is 18.3. The van der Waals surface area contributed by atoms with Gasteiger partial charge in [0.15, 0.2) is 0 Å². The summed E-state index contributed by atoms with van der Waals surface area (Å²) in [7, 11) is -1.53. The fraction of sp³-hybridized carbons (Fsp3) is 0.364. The Morgan fingerprint density at radius 2 is 1.93 bits per heavy atom. The lowest BCUT2D eigenvalue weighted by Gasteiger charge is -2.13. The van der Waals surface area contributed by atoms with Gasteiger partial charge < -0.3 is 10.0 Å². The van der Waals surface area contributed by atoms with E-state index in [1.807, 2.05) is 13.8 Å². The van der Waals surface area contributed by atoms with Crippen molar-refractivity contribution in [1.82, 2.24) is 0 Å². The minimum absolute atomic E-state index is 0.252. The topological polar surface area (TPSA) is 57.5 Å². The predicted octanol–water partition coefficient (Wildman–Crippen LogP) is 0.611. The first-order valence-corrected chi connectivity index (χ1v) is 4.93. The van der Waals surface area contributed by atoms with Crippen LogP contribution in [-0.4, -0.2) is 23.5 Å². The van der Waals surface area contributed by atoms with Gasteiger partial charge in [-0.15, -0.1) is 0 Å². The third-order valence-corrected chi connectivity index (χ3v) is 2.58. The third-order valence-electron chi connectivity index (χ3n) is 2.58. The van der Waals surface area contributed by atoms with Gasteiger partial charge in [0.05, 0.1) is 0 Å². The highest BCUT2D eigenvalue weighted by Gasteiger charge is 2.18. The van der Waals surface area contributed by atoms with Crippen molar-refractivity contribution in [2.24, 2.45) is 0 Å². The first kappa shape index (κ1) is 11.9. The zero-order valence-corrected chi connectivity index (χ0v) is 9.19. The molecular weight excluding hydrogens is 191 g/mol. The summed E-state index contributed by atoms with van der Waals surface area (Å²) in [5.74, 6) is 0.252. The van der Waals surface area contributed by atoms with Crippen LogP contribution < -0.4 is 5.46 Å². The number of aldehydes is 1. The number of benzene rings is 1. The molecule has 0 fully saturated rings. The molecule has 0 amide bonds. The molecule has 0 aliphatic heterocycles. The molecule has 0 aliphatic carbocycles. The molecule has 0 saturated carbocycles. The molecule has 3 nitrogen and oxygen atoms in total. The van der Waals surface area contributed by atoms with Crippen LogP contribution in [0.1, 0.15) is 41.3 Å². The summed E-state index contributed by atoms with van der Waals surface area (Å²) in [5.41, 5.74) is 2.49. The van der Waals surface area contributed by atoms with Crippen LogP contribution in [0.25, 0.3) is 0 Å². The molecule has 80 valence electrons. The molecule has 0 saturated heterocycles. The van der Waals surface area contributed by atoms with Gasteiger partial charge in [0.1, 0.15) is 6.29 Å². The molecule has 0 aliphatic rings. The Morgan fingerprint density at radius 3 is 2.33 bits per heavy atom. The van der Waals surface area contributed by atoms with E-state index in [2.05, 4.69) is 0 Å². The van der Waals surface area contributed by atoms with Crippen molar-refractivity contribution >= 4 is 18.9 Å². The summed E-state index contributed by atoms with van der Waals surface area (Å²) in [6.45, 7) is 5.70. The van der Waals surface area contributed by atoms with Crippen molar-refractivity contribution in [1.29, 1.82) is 0 Å². The number of hydrogen-bond acceptors (Lipinski definition) is 3. The van der Waals surface area contributed by atoms with Crippen LogP contribution in [0.2, 0.25) is 0 Å². The van der Waals surface area contributed by atoms with Crippen molar-refractivity contribution in [3.63, 3.8) is 0 Å². The van der Waals surface area contributed by atoms with Crippen LogP contribution in [0.4, 0.5) is 0 Å². The lowest BCUT2D eigenvalue weighted by Crippen LogP contribution is -2.33. The van der Waals surface area contributed by atoms with Gasteiger partial charge in [0.2, 0.25) is 0 Å². The highest BCUT2D eigenvalue weighted by atomic mass is 16.4. The van der Waals surface area contributed by atoms with Crippen LogP contribution in [0.15, 0.2) is 12.1 Å². The highest BCUT2D eigenvalue weighted by molar-refractivity contribution is 6.59. The Kier molecular flexibility index (Phi) is 3.66. The molecular formula is C11H15BO3. The maximum Gasteiger partial charge on any atom is 0.488 e. The molecule has 4 heteroatoms. The smallest absolute Gasteiger partial charge is 0.423 e. The monoisotopic (exact) mass is 206 g/mol. The molecule has 1 aromatic rings. The van der Waals surface area contributed by atoms with E-state index in [1.165, 1.54) is 0 Å². The molecule has 0 unspecified atom stereocenters. The van der Waals surface area contributed by atoms with Gasteiger partial charge in [-0.1, -0.05) is 19.9 Å². The maximum absolute atomic E-state index is 10.8. The van der Waals surface area contributed by atoms with Crippen molar-refractivity contribution in [3.05, 3.63) is 28.8 Å². The zero-order valence-electron chi connectivity index (χ0n) is 9.19. The summed E-state index contributed by atoms with van der Waals surface area (Å²) < 4.78 is 0. The van der Waals surface area contributed by atoms with Gasteiger partial charge in [0.25, 0.3) is 0 Å². The average Bonchev–Trinajstić information content (AvgIpc) is 2.17. The summed E-state index contributed by atoms with van der Waals surface area (Å²) >= 11 is 0. The van der Waals surface area contributed by atoms with Crippen LogP contribution in [0, 0.1) is 6.92 Å². The number of rotatable bonds is 3. The summed E-state index contributed by atoms with van der Waals surface area (Å²) in [6.07, 6.45) is 0.743. The molecule has 0 spiro atoms. The van der Waals surface area contributed by atoms with Gasteiger partial charge in [-0.25, -0.2) is 0 Å². The molecule has 0 heterocycles. The van der Waals surface area contributed by atoms with Crippen LogP contribution in [0.5, 0.6) is 0 Å². The second kappa shape index (κ2) is 4.60. The second-order valence-corrected chi connectivity index (χ2v) is 3.97. The Morgan fingerprint density at radius 1 is 1.33 bits per heavy atom. The second-order valence-electron chi connectivity index (χ2n) is 3.97. The van der Waals surface area contributed by atoms with E-state index in [4.69, 9.17) is 0 Å². The maximum atomic E-state index is 10.8. The molecule has 0 aromatic heterocycles. The van der Waals surface area contributed by atoms with Crippen molar-refractivity contribution in [3.8, 4) is 0 Å². The molecule has 1 aromatic carbocycles. The summed E-state index contributed by atoms with van der Waals surface area (Å²) in [4.78, 5) is 10.8. The lowest BCUT2D eigenvalue weighted by atomic mass is 9.74. The fourth-order valence-electron chi connectivity index (χ4n) is 1.51. The average molecular weight is 206 g/mol. The third kappa shape index (κ3) is 2.46. The van der Waals surface area contributed by atoms with E-state index in [9.17, 15) is 14.8 Å². The molecule has 0 bridgehead atoms. The van der Waals surface area contributed by atoms with E-state index in [1.54, 1.807) is 19.1 Å². The molecule has 0 radical (unpaired) electrons. The van der Waals surface area contributed by atoms with Crippen LogP contribution >= 0.6 is 0 Å². The van der Waals surface area contributed by atoms with Gasteiger partial charge in [-0.05, 0) is 35.5 Å². The van der Waals surface area contributed by atoms with E-state index < -0.39 is 7.12 Å². The Balaban J connectivity index is 3.38. The number of carbonyl (C=O) groups excluding carboxylic acids is 1. The van der Waals surface area contributed by atoms with Crippen LogP contribution in [-0.2, 0) is 0 Å². The fourth-order valence-corrected chi connectivity index (χ4v) is 1.51. The standard InChI is InChI=1S/C11H15BO3/c1-7(2)9-4-10(6-13)8(3)11(5-9)12(14)15/h4-7,14-15H,1-3H3. The van der Waals surface area contributed by atoms with Crippen molar-refractivity contribution in [2.75, 3.05) is 0 Å². The Labute approximate surface area is 89.9 Å². The minimum atomic E-state index is -1.53. The van der Waals surface area contributed by atoms with E-state index in [0.717, 1.165) is 11.8 Å². The molecule has 1 rings (SSSR count). The van der Waals surface area contributed by atoms with E-state index in [0.29, 0.717) is 16.6 Å². The number of hydrogen-bond donors (Lipinski definition) is 2. The molecule has 2 N–H and O–H groups in total. The first-order chi connectivity index (χ1) is 6.97.